The molecule has 0 aliphatic rings. The zero-order chi connectivity index (χ0) is 11.7. The SMILES string of the molecule is COc1cccc2c1nc(C(N)CO)n2C. The number of aliphatic hydroxyl groups is 1. The number of imidazole rings is 1. The van der Waals surface area contributed by atoms with E-state index in [0.29, 0.717) is 11.6 Å². The van der Waals surface area contributed by atoms with E-state index in [1.807, 2.05) is 29.8 Å². The van der Waals surface area contributed by atoms with E-state index in [2.05, 4.69) is 4.98 Å². The molecule has 2 rings (SSSR count). The number of aromatic nitrogens is 2. The van der Waals surface area contributed by atoms with E-state index in [0.717, 1.165) is 11.0 Å². The summed E-state index contributed by atoms with van der Waals surface area (Å²) < 4.78 is 7.10. The van der Waals surface area contributed by atoms with E-state index < -0.39 is 6.04 Å². The standard InChI is InChI=1S/C11H15N3O2/c1-14-8-4-3-5-9(16-2)10(8)13-11(14)7(12)6-15/h3-5,7,15H,6,12H2,1-2H3. The summed E-state index contributed by atoms with van der Waals surface area (Å²) in [6, 6.07) is 5.22. The highest BCUT2D eigenvalue weighted by atomic mass is 16.5. The van der Waals surface area contributed by atoms with Crippen molar-refractivity contribution in [2.45, 2.75) is 6.04 Å². The molecule has 1 unspecified atom stereocenters. The number of aryl methyl sites for hydroxylation is 1. The van der Waals surface area contributed by atoms with Crippen molar-refractivity contribution in [1.29, 1.82) is 0 Å². The van der Waals surface area contributed by atoms with Crippen LogP contribution in [0.1, 0.15) is 11.9 Å². The lowest BCUT2D eigenvalue weighted by Crippen LogP contribution is -2.18. The smallest absolute Gasteiger partial charge is 0.146 e. The summed E-state index contributed by atoms with van der Waals surface area (Å²) in [6.07, 6.45) is 0. The van der Waals surface area contributed by atoms with Gasteiger partial charge in [-0.1, -0.05) is 6.07 Å². The van der Waals surface area contributed by atoms with Gasteiger partial charge in [-0.25, -0.2) is 4.98 Å². The summed E-state index contributed by atoms with van der Waals surface area (Å²) in [5.74, 6) is 1.37. The predicted molar refractivity (Wildman–Crippen MR) is 61.3 cm³/mol. The first-order valence-corrected chi connectivity index (χ1v) is 5.04. The van der Waals surface area contributed by atoms with E-state index in [1.165, 1.54) is 0 Å². The van der Waals surface area contributed by atoms with Gasteiger partial charge in [-0.05, 0) is 12.1 Å². The van der Waals surface area contributed by atoms with Gasteiger partial charge in [0, 0.05) is 7.05 Å². The summed E-state index contributed by atoms with van der Waals surface area (Å²) >= 11 is 0. The molecule has 0 aliphatic carbocycles. The first kappa shape index (κ1) is 10.9. The monoisotopic (exact) mass is 221 g/mol. The Morgan fingerprint density at radius 2 is 2.31 bits per heavy atom. The van der Waals surface area contributed by atoms with Crippen LogP contribution in [-0.2, 0) is 7.05 Å². The Kier molecular flexibility index (Phi) is 2.80. The van der Waals surface area contributed by atoms with Gasteiger partial charge in [0.15, 0.2) is 0 Å². The van der Waals surface area contributed by atoms with Gasteiger partial charge in [-0.2, -0.15) is 0 Å². The Bertz CT molecular complexity index is 507. The Morgan fingerprint density at radius 1 is 1.56 bits per heavy atom. The molecule has 0 fully saturated rings. The van der Waals surface area contributed by atoms with Crippen molar-refractivity contribution in [1.82, 2.24) is 9.55 Å². The van der Waals surface area contributed by atoms with Gasteiger partial charge >= 0.3 is 0 Å². The lowest BCUT2D eigenvalue weighted by Gasteiger charge is -2.07. The molecule has 2 aromatic rings. The van der Waals surface area contributed by atoms with Crippen LogP contribution in [0.15, 0.2) is 18.2 Å². The third kappa shape index (κ3) is 1.54. The second-order valence-electron chi connectivity index (χ2n) is 3.65. The number of methoxy groups -OCH3 is 1. The highest BCUT2D eigenvalue weighted by molar-refractivity contribution is 5.82. The molecular formula is C11H15N3O2. The van der Waals surface area contributed by atoms with E-state index >= 15 is 0 Å². The summed E-state index contributed by atoms with van der Waals surface area (Å²) in [5.41, 5.74) is 7.49. The molecule has 86 valence electrons. The molecule has 0 saturated heterocycles. The summed E-state index contributed by atoms with van der Waals surface area (Å²) in [7, 11) is 3.48. The van der Waals surface area contributed by atoms with Gasteiger partial charge < -0.3 is 20.1 Å². The average molecular weight is 221 g/mol. The molecule has 3 N–H and O–H groups in total. The van der Waals surface area contributed by atoms with Crippen molar-refractivity contribution >= 4 is 11.0 Å². The predicted octanol–water partition coefficient (Wildman–Crippen LogP) is 0.574. The van der Waals surface area contributed by atoms with Crippen LogP contribution in [-0.4, -0.2) is 28.4 Å². The minimum atomic E-state index is -0.470. The molecule has 16 heavy (non-hydrogen) atoms. The summed E-state index contributed by atoms with van der Waals surface area (Å²) in [4.78, 5) is 4.41. The molecule has 5 heteroatoms. The highest BCUT2D eigenvalue weighted by Gasteiger charge is 2.15. The molecule has 0 amide bonds. The molecule has 1 aromatic carbocycles. The minimum absolute atomic E-state index is 0.126. The van der Waals surface area contributed by atoms with Crippen LogP contribution in [0.4, 0.5) is 0 Å². The van der Waals surface area contributed by atoms with Crippen LogP contribution in [0.25, 0.3) is 11.0 Å². The molecule has 0 aliphatic heterocycles. The van der Waals surface area contributed by atoms with Crippen molar-refractivity contribution in [2.24, 2.45) is 12.8 Å². The Morgan fingerprint density at radius 3 is 2.94 bits per heavy atom. The molecule has 1 heterocycles. The van der Waals surface area contributed by atoms with Crippen molar-refractivity contribution in [3.05, 3.63) is 24.0 Å². The largest absolute Gasteiger partial charge is 0.494 e. The van der Waals surface area contributed by atoms with Gasteiger partial charge in [-0.15, -0.1) is 0 Å². The Hall–Kier alpha value is -1.59. The second-order valence-corrected chi connectivity index (χ2v) is 3.65. The minimum Gasteiger partial charge on any atom is -0.494 e. The van der Waals surface area contributed by atoms with E-state index in [-0.39, 0.29) is 6.61 Å². The average Bonchev–Trinajstić information content (AvgIpc) is 2.66. The number of rotatable bonds is 3. The fraction of sp³-hybridized carbons (Fsp3) is 0.364. The van der Waals surface area contributed by atoms with E-state index in [1.54, 1.807) is 7.11 Å². The van der Waals surface area contributed by atoms with Crippen LogP contribution in [0.2, 0.25) is 0 Å². The fourth-order valence-corrected chi connectivity index (χ4v) is 1.78. The molecule has 0 radical (unpaired) electrons. The van der Waals surface area contributed by atoms with Crippen molar-refractivity contribution < 1.29 is 9.84 Å². The number of ether oxygens (including phenoxy) is 1. The second kappa shape index (κ2) is 4.11. The van der Waals surface area contributed by atoms with E-state index in [4.69, 9.17) is 15.6 Å². The number of nitrogens with zero attached hydrogens (tertiary/aromatic N) is 2. The summed E-state index contributed by atoms with van der Waals surface area (Å²) in [6.45, 7) is -0.126. The number of para-hydroxylation sites is 1. The fourth-order valence-electron chi connectivity index (χ4n) is 1.78. The topological polar surface area (TPSA) is 73.3 Å². The lowest BCUT2D eigenvalue weighted by atomic mass is 10.3. The van der Waals surface area contributed by atoms with Gasteiger partial charge in [0.25, 0.3) is 0 Å². The van der Waals surface area contributed by atoms with Crippen molar-refractivity contribution in [2.75, 3.05) is 13.7 Å². The molecular weight excluding hydrogens is 206 g/mol. The zero-order valence-corrected chi connectivity index (χ0v) is 9.34. The molecule has 5 nitrogen and oxygen atoms in total. The van der Waals surface area contributed by atoms with E-state index in [9.17, 15) is 0 Å². The molecule has 0 saturated carbocycles. The molecule has 0 spiro atoms. The molecule has 1 aromatic heterocycles. The summed E-state index contributed by atoms with van der Waals surface area (Å²) in [5, 5.41) is 9.05. The maximum absolute atomic E-state index is 9.05. The number of aliphatic hydroxyl groups excluding tert-OH is 1. The van der Waals surface area contributed by atoms with Crippen LogP contribution < -0.4 is 10.5 Å². The highest BCUT2D eigenvalue weighted by Crippen LogP contribution is 2.26. The molecule has 0 bridgehead atoms. The van der Waals surface area contributed by atoms with Gasteiger partial charge in [-0.3, -0.25) is 0 Å². The van der Waals surface area contributed by atoms with Crippen molar-refractivity contribution in [3.63, 3.8) is 0 Å². The first-order chi connectivity index (χ1) is 7.69. The maximum Gasteiger partial charge on any atom is 0.146 e. The van der Waals surface area contributed by atoms with Crippen LogP contribution >= 0.6 is 0 Å². The van der Waals surface area contributed by atoms with Crippen LogP contribution in [0.3, 0.4) is 0 Å². The number of hydrogen-bond donors (Lipinski definition) is 2. The Labute approximate surface area is 93.5 Å². The lowest BCUT2D eigenvalue weighted by molar-refractivity contribution is 0.262. The first-order valence-electron chi connectivity index (χ1n) is 5.04. The van der Waals surface area contributed by atoms with Crippen molar-refractivity contribution in [3.8, 4) is 5.75 Å². The van der Waals surface area contributed by atoms with Crippen LogP contribution in [0.5, 0.6) is 5.75 Å². The van der Waals surface area contributed by atoms with Gasteiger partial charge in [0.2, 0.25) is 0 Å². The zero-order valence-electron chi connectivity index (χ0n) is 9.34. The number of hydrogen-bond acceptors (Lipinski definition) is 4. The molecule has 1 atom stereocenters. The third-order valence-electron chi connectivity index (χ3n) is 2.66. The third-order valence-corrected chi connectivity index (χ3v) is 2.66. The maximum atomic E-state index is 9.05. The Balaban J connectivity index is 2.67. The number of nitrogens with two attached hydrogens (primary N) is 1. The van der Waals surface area contributed by atoms with Gasteiger partial charge in [0.1, 0.15) is 17.1 Å². The number of benzene rings is 1. The van der Waals surface area contributed by atoms with Crippen LogP contribution in [0, 0.1) is 0 Å². The quantitative estimate of drug-likeness (QED) is 0.795. The normalized spacial score (nSPS) is 13.0. The van der Waals surface area contributed by atoms with Gasteiger partial charge in [0.05, 0.1) is 25.3 Å². The number of fused-ring (bicyclic) bond motifs is 1.